The number of nitrogens with two attached hydrogens (primary N) is 1. The Balaban J connectivity index is 2.30. The van der Waals surface area contributed by atoms with Crippen LogP contribution in [-0.2, 0) is 6.54 Å². The monoisotopic (exact) mass is 293 g/mol. The molecule has 22 heavy (non-hydrogen) atoms. The Labute approximate surface area is 124 Å². The van der Waals surface area contributed by atoms with Crippen LogP contribution >= 0.6 is 0 Å². The van der Waals surface area contributed by atoms with Crippen molar-refractivity contribution in [3.63, 3.8) is 0 Å². The second-order valence-corrected chi connectivity index (χ2v) is 4.74. The predicted octanol–water partition coefficient (Wildman–Crippen LogP) is 0.587. The summed E-state index contributed by atoms with van der Waals surface area (Å²) >= 11 is 0. The first kappa shape index (κ1) is 13.6. The van der Waals surface area contributed by atoms with Gasteiger partial charge < -0.3 is 5.73 Å². The number of aromatic amines is 1. The molecule has 0 radical (unpaired) electrons. The molecular weight excluding hydrogens is 282 g/mol. The molecule has 0 saturated heterocycles. The van der Waals surface area contributed by atoms with E-state index in [1.165, 1.54) is 10.6 Å². The van der Waals surface area contributed by atoms with Crippen molar-refractivity contribution >= 4 is 16.9 Å². The second-order valence-electron chi connectivity index (χ2n) is 4.74. The summed E-state index contributed by atoms with van der Waals surface area (Å²) in [4.78, 5) is 30.3. The van der Waals surface area contributed by atoms with E-state index in [4.69, 9.17) is 11.0 Å². The molecule has 0 fully saturated rings. The van der Waals surface area contributed by atoms with Crippen molar-refractivity contribution in [2.75, 3.05) is 5.73 Å². The zero-order valence-corrected chi connectivity index (χ0v) is 11.4. The van der Waals surface area contributed by atoms with Gasteiger partial charge in [-0.1, -0.05) is 30.3 Å². The number of fused-ring (bicyclic) bond motifs is 1. The van der Waals surface area contributed by atoms with Gasteiger partial charge in [0, 0.05) is 0 Å². The lowest BCUT2D eigenvalue weighted by atomic mass is 10.2. The fraction of sp³-hybridized carbons (Fsp3) is 0.0667. The van der Waals surface area contributed by atoms with Crippen LogP contribution in [0.5, 0.6) is 0 Å². The normalized spacial score (nSPS) is 10.5. The summed E-state index contributed by atoms with van der Waals surface area (Å²) in [5.41, 5.74) is 5.68. The number of nitrogens with zero attached hydrogens (tertiary/aromatic N) is 3. The van der Waals surface area contributed by atoms with Gasteiger partial charge >= 0.3 is 5.69 Å². The van der Waals surface area contributed by atoms with Gasteiger partial charge in [0.2, 0.25) is 0 Å². The Morgan fingerprint density at radius 3 is 2.68 bits per heavy atom. The molecule has 0 amide bonds. The summed E-state index contributed by atoms with van der Waals surface area (Å²) in [7, 11) is 0. The van der Waals surface area contributed by atoms with Gasteiger partial charge in [-0.15, -0.1) is 0 Å². The van der Waals surface area contributed by atoms with E-state index in [1.54, 1.807) is 0 Å². The average molecular weight is 293 g/mol. The topological polar surface area (TPSA) is 118 Å². The molecule has 1 aromatic carbocycles. The SMILES string of the molecule is N#Cc1cc2c(=O)[nH]c(=O)n(Cc3ccccc3)c2nc1N. The largest absolute Gasteiger partial charge is 0.383 e. The maximum absolute atomic E-state index is 12.1. The first-order valence-corrected chi connectivity index (χ1v) is 6.47. The van der Waals surface area contributed by atoms with Crippen LogP contribution < -0.4 is 17.0 Å². The van der Waals surface area contributed by atoms with Crippen molar-refractivity contribution in [2.45, 2.75) is 6.54 Å². The molecular formula is C15H11N5O2. The van der Waals surface area contributed by atoms with Crippen LogP contribution in [0.3, 0.4) is 0 Å². The molecule has 0 aliphatic carbocycles. The van der Waals surface area contributed by atoms with E-state index in [0.717, 1.165) is 5.56 Å². The molecule has 3 aromatic rings. The van der Waals surface area contributed by atoms with Crippen molar-refractivity contribution in [3.05, 3.63) is 68.4 Å². The van der Waals surface area contributed by atoms with E-state index >= 15 is 0 Å². The quantitative estimate of drug-likeness (QED) is 0.717. The zero-order chi connectivity index (χ0) is 15.7. The number of H-pyrrole nitrogens is 1. The summed E-state index contributed by atoms with van der Waals surface area (Å²) < 4.78 is 1.32. The molecule has 0 atom stereocenters. The van der Waals surface area contributed by atoms with Gasteiger partial charge in [-0.05, 0) is 11.6 Å². The molecule has 0 spiro atoms. The lowest BCUT2D eigenvalue weighted by Gasteiger charge is -2.09. The van der Waals surface area contributed by atoms with Gasteiger partial charge in [-0.3, -0.25) is 14.3 Å². The van der Waals surface area contributed by atoms with Crippen LogP contribution in [0.1, 0.15) is 11.1 Å². The van der Waals surface area contributed by atoms with Crippen LogP contribution in [0.15, 0.2) is 46.0 Å². The molecule has 2 heterocycles. The van der Waals surface area contributed by atoms with Crippen LogP contribution in [0.4, 0.5) is 5.82 Å². The summed E-state index contributed by atoms with van der Waals surface area (Å²) in [6.45, 7) is 0.241. The van der Waals surface area contributed by atoms with Gasteiger partial charge in [0.05, 0.1) is 17.5 Å². The van der Waals surface area contributed by atoms with Crippen molar-refractivity contribution in [1.29, 1.82) is 5.26 Å². The van der Waals surface area contributed by atoms with Crippen LogP contribution in [-0.4, -0.2) is 14.5 Å². The van der Waals surface area contributed by atoms with Crippen LogP contribution in [0.2, 0.25) is 0 Å². The molecule has 7 nitrogen and oxygen atoms in total. The zero-order valence-electron chi connectivity index (χ0n) is 11.4. The second kappa shape index (κ2) is 5.18. The molecule has 108 valence electrons. The number of nitrogens with one attached hydrogen (secondary N) is 1. The highest BCUT2D eigenvalue weighted by Crippen LogP contribution is 2.14. The number of hydrogen-bond acceptors (Lipinski definition) is 5. The maximum Gasteiger partial charge on any atom is 0.330 e. The van der Waals surface area contributed by atoms with Crippen LogP contribution in [0.25, 0.3) is 11.0 Å². The minimum absolute atomic E-state index is 0.0122. The fourth-order valence-electron chi connectivity index (χ4n) is 2.22. The summed E-state index contributed by atoms with van der Waals surface area (Å²) in [6, 6.07) is 12.5. The Morgan fingerprint density at radius 1 is 1.27 bits per heavy atom. The minimum Gasteiger partial charge on any atom is -0.383 e. The van der Waals surface area contributed by atoms with Gasteiger partial charge in [-0.2, -0.15) is 5.26 Å². The van der Waals surface area contributed by atoms with Crippen molar-refractivity contribution in [1.82, 2.24) is 14.5 Å². The third-order valence-electron chi connectivity index (χ3n) is 3.30. The maximum atomic E-state index is 12.1. The number of rotatable bonds is 2. The minimum atomic E-state index is -0.590. The van der Waals surface area contributed by atoms with Gasteiger partial charge in [-0.25, -0.2) is 9.78 Å². The number of hydrogen-bond donors (Lipinski definition) is 2. The van der Waals surface area contributed by atoms with Crippen molar-refractivity contribution < 1.29 is 0 Å². The highest BCUT2D eigenvalue weighted by molar-refractivity contribution is 5.78. The Morgan fingerprint density at radius 2 is 2.00 bits per heavy atom. The highest BCUT2D eigenvalue weighted by atomic mass is 16.2. The smallest absolute Gasteiger partial charge is 0.330 e. The number of pyridine rings is 1. The molecule has 3 N–H and O–H groups in total. The van der Waals surface area contributed by atoms with E-state index < -0.39 is 11.2 Å². The Bertz CT molecular complexity index is 1010. The molecule has 0 unspecified atom stereocenters. The standard InChI is InChI=1S/C15H11N5O2/c16-7-10-6-11-13(18-12(10)17)20(15(22)19-14(11)21)8-9-4-2-1-3-5-9/h1-6H,8H2,(H2,17,18)(H,19,21,22). The lowest BCUT2D eigenvalue weighted by Crippen LogP contribution is -2.31. The number of nitrogen functional groups attached to an aromatic ring is 1. The Kier molecular flexibility index (Phi) is 3.20. The first-order valence-electron chi connectivity index (χ1n) is 6.47. The molecule has 7 heteroatoms. The van der Waals surface area contributed by atoms with E-state index in [1.807, 2.05) is 36.4 Å². The van der Waals surface area contributed by atoms with Gasteiger partial charge in [0.15, 0.2) is 5.65 Å². The molecule has 0 saturated carbocycles. The third-order valence-corrected chi connectivity index (χ3v) is 3.30. The molecule has 0 bridgehead atoms. The lowest BCUT2D eigenvalue weighted by molar-refractivity contribution is 0.746. The van der Waals surface area contributed by atoms with E-state index in [9.17, 15) is 9.59 Å². The van der Waals surface area contributed by atoms with Gasteiger partial charge in [0.1, 0.15) is 11.9 Å². The van der Waals surface area contributed by atoms with E-state index in [-0.39, 0.29) is 29.0 Å². The predicted molar refractivity (Wildman–Crippen MR) is 81.3 cm³/mol. The Hall–Kier alpha value is -3.40. The fourth-order valence-corrected chi connectivity index (χ4v) is 2.22. The van der Waals surface area contributed by atoms with Gasteiger partial charge in [0.25, 0.3) is 5.56 Å². The number of benzene rings is 1. The first-order chi connectivity index (χ1) is 10.6. The molecule has 0 aliphatic heterocycles. The van der Waals surface area contributed by atoms with Crippen LogP contribution in [0, 0.1) is 11.3 Å². The number of anilines is 1. The molecule has 3 rings (SSSR count). The van der Waals surface area contributed by atoms with E-state index in [2.05, 4.69) is 9.97 Å². The highest BCUT2D eigenvalue weighted by Gasteiger charge is 2.12. The molecule has 2 aromatic heterocycles. The molecule has 0 aliphatic rings. The summed E-state index contributed by atoms with van der Waals surface area (Å²) in [5, 5.41) is 9.13. The van der Waals surface area contributed by atoms with Crippen molar-refractivity contribution in [3.8, 4) is 6.07 Å². The summed E-state index contributed by atoms with van der Waals surface area (Å²) in [5.74, 6) is -0.0122. The van der Waals surface area contributed by atoms with E-state index in [0.29, 0.717) is 0 Å². The van der Waals surface area contributed by atoms with Crippen molar-refractivity contribution in [2.24, 2.45) is 0 Å². The average Bonchev–Trinajstić information content (AvgIpc) is 2.52. The number of nitriles is 1. The number of aromatic nitrogens is 3. The third kappa shape index (κ3) is 2.23. The summed E-state index contributed by atoms with van der Waals surface area (Å²) in [6.07, 6.45) is 0.